The van der Waals surface area contributed by atoms with Crippen LogP contribution in [0, 0.1) is 0 Å². The Bertz CT molecular complexity index is 985. The molecule has 0 spiro atoms. The maximum Gasteiger partial charge on any atom is 0.215 e. The molecule has 110 valence electrons. The second-order valence-corrected chi connectivity index (χ2v) is 6.24. The quantitative estimate of drug-likeness (QED) is 0.846. The van der Waals surface area contributed by atoms with Crippen molar-refractivity contribution in [1.82, 2.24) is 14.6 Å². The van der Waals surface area contributed by atoms with Crippen molar-refractivity contribution in [1.29, 1.82) is 0 Å². The third kappa shape index (κ3) is 3.59. The number of H-pyrrole nitrogens is 1. The monoisotopic (exact) mass is 303 g/mol. The first kappa shape index (κ1) is 7.59. The molecule has 2 rings (SSSR count). The van der Waals surface area contributed by atoms with Crippen LogP contribution in [0.25, 0.3) is 10.9 Å². The Balaban J connectivity index is 2.52. The van der Waals surface area contributed by atoms with Gasteiger partial charge in [0.2, 0.25) is 10.0 Å². The Morgan fingerprint density at radius 1 is 1.60 bits per heavy atom. The fourth-order valence-corrected chi connectivity index (χ4v) is 2.48. The van der Waals surface area contributed by atoms with E-state index in [4.69, 9.17) is 11.0 Å². The number of rotatable bonds is 6. The largest absolute Gasteiger partial charge is 0.361 e. The number of likely N-dealkylation sites (N-methyl/N-ethyl adjacent to an activating group) is 1. The molecule has 0 radical (unpaired) electrons. The molecule has 0 unspecified atom stereocenters. The van der Waals surface area contributed by atoms with E-state index in [1.807, 2.05) is 0 Å². The standard InChI is InChI=1S/C14H21N3O2S/c1-15-20(18,19)10-11-4-5-14-13(8-11)12(9-16-14)6-7-17(2)3/h4-5,8-9,15-16H,6-7,10H2,1-3H3/i1D3,7D2,9D/hD2. The zero-order valence-corrected chi connectivity index (χ0v) is 12.0. The van der Waals surface area contributed by atoms with Crippen molar-refractivity contribution in [3.8, 4) is 0 Å². The van der Waals surface area contributed by atoms with Crippen molar-refractivity contribution >= 4 is 20.9 Å². The minimum absolute atomic E-state index is 0.172. The molecule has 6 heteroatoms. The maximum atomic E-state index is 12.2. The highest BCUT2D eigenvalue weighted by Gasteiger charge is 2.11. The number of nitrogens with one attached hydrogen (secondary N) is 2. The summed E-state index contributed by atoms with van der Waals surface area (Å²) < 4.78 is 84.8. The normalized spacial score (nSPS) is 19.8. The van der Waals surface area contributed by atoms with Gasteiger partial charge in [0, 0.05) is 30.4 Å². The number of aryl methyl sites for hydroxylation is 1. The molecule has 0 saturated heterocycles. The fourth-order valence-electron chi connectivity index (χ4n) is 1.81. The topological polar surface area (TPSA) is 65.2 Å². The van der Waals surface area contributed by atoms with Crippen LogP contribution in [0.1, 0.15) is 19.4 Å². The van der Waals surface area contributed by atoms with Gasteiger partial charge in [0.25, 0.3) is 0 Å². The molecule has 2 N–H and O–H groups in total. The Labute approximate surface area is 131 Å². The molecule has 0 saturated carbocycles. The molecule has 1 aromatic heterocycles. The van der Waals surface area contributed by atoms with Gasteiger partial charge in [-0.2, -0.15) is 0 Å². The van der Waals surface area contributed by atoms with Gasteiger partial charge in [0.15, 0.2) is 1.41 Å². The van der Waals surface area contributed by atoms with Crippen molar-refractivity contribution in [3.05, 3.63) is 35.5 Å². The first-order valence-corrected chi connectivity index (χ1v) is 7.50. The van der Waals surface area contributed by atoms with E-state index in [0.717, 1.165) is 4.98 Å². The number of benzene rings is 1. The van der Waals surface area contributed by atoms with Crippen molar-refractivity contribution in [2.24, 2.45) is 0 Å². The predicted octanol–water partition coefficient (Wildman–Crippen LogP) is 1.32. The van der Waals surface area contributed by atoms with Gasteiger partial charge in [0.1, 0.15) is 1.41 Å². The van der Waals surface area contributed by atoms with Gasteiger partial charge in [-0.3, -0.25) is 0 Å². The molecular weight excluding hydrogens is 274 g/mol. The van der Waals surface area contributed by atoms with Gasteiger partial charge < -0.3 is 9.88 Å². The SMILES string of the molecule is [2H]c1c(CC([2H])([2H])N(C)C)c2cc(CS(=O)(=O)N([2H])C([2H])([2H])[2H])ccc2n1[2H]. The third-order valence-corrected chi connectivity index (χ3v) is 3.73. The maximum absolute atomic E-state index is 12.2. The van der Waals surface area contributed by atoms with Crippen LogP contribution < -0.4 is 4.72 Å². The van der Waals surface area contributed by atoms with Crippen LogP contribution >= 0.6 is 0 Å². The minimum atomic E-state index is -4.45. The summed E-state index contributed by atoms with van der Waals surface area (Å²) in [6, 6.07) is 4.19. The van der Waals surface area contributed by atoms with Gasteiger partial charge in [-0.25, -0.2) is 13.1 Å². The fraction of sp³-hybridized carbons (Fsp3) is 0.429. The zero-order chi connectivity index (χ0) is 21.7. The van der Waals surface area contributed by atoms with E-state index >= 15 is 0 Å². The number of hydrogen-bond donors (Lipinski definition) is 2. The molecule has 2 aromatic rings. The lowest BCUT2D eigenvalue weighted by atomic mass is 10.1. The molecule has 1 heterocycles. The number of aromatic amines is 1. The van der Waals surface area contributed by atoms with Crippen LogP contribution in [0.3, 0.4) is 0 Å². The average Bonchev–Trinajstić information content (AvgIpc) is 2.77. The van der Waals surface area contributed by atoms with Crippen LogP contribution in [-0.4, -0.2) is 45.9 Å². The lowest BCUT2D eigenvalue weighted by molar-refractivity contribution is 0.414. The highest BCUT2D eigenvalue weighted by molar-refractivity contribution is 7.88. The third-order valence-electron chi connectivity index (χ3n) is 2.76. The molecule has 5 nitrogen and oxygen atoms in total. The molecule has 0 aliphatic rings. The lowest BCUT2D eigenvalue weighted by Gasteiger charge is -2.08. The van der Waals surface area contributed by atoms with Gasteiger partial charge in [-0.15, -0.1) is 0 Å². The van der Waals surface area contributed by atoms with E-state index in [1.54, 1.807) is 14.1 Å². The Morgan fingerprint density at radius 3 is 3.10 bits per heavy atom. The van der Waals surface area contributed by atoms with Gasteiger partial charge >= 0.3 is 0 Å². The summed E-state index contributed by atoms with van der Waals surface area (Å²) in [6.07, 6.45) is -0.414. The van der Waals surface area contributed by atoms with Gasteiger partial charge in [-0.1, -0.05) is 6.07 Å². The van der Waals surface area contributed by atoms with Crippen molar-refractivity contribution in [3.63, 3.8) is 0 Å². The first-order valence-electron chi connectivity index (χ1n) is 9.79. The molecule has 0 fully saturated rings. The highest BCUT2D eigenvalue weighted by Crippen LogP contribution is 2.21. The van der Waals surface area contributed by atoms with Crippen molar-refractivity contribution in [2.45, 2.75) is 12.2 Å². The van der Waals surface area contributed by atoms with Crippen LogP contribution in [-0.2, 0) is 22.2 Å². The molecular formula is C14H21N3O2S. The summed E-state index contributed by atoms with van der Waals surface area (Å²) in [6.45, 7) is -4.93. The van der Waals surface area contributed by atoms with Crippen LogP contribution in [0.4, 0.5) is 0 Å². The summed E-state index contributed by atoms with van der Waals surface area (Å²) in [5.74, 6) is -0.749. The van der Waals surface area contributed by atoms with E-state index in [0.29, 0.717) is 10.9 Å². The van der Waals surface area contributed by atoms with Crippen molar-refractivity contribution < 1.29 is 19.5 Å². The number of hydrogen-bond acceptors (Lipinski definition) is 3. The molecule has 20 heavy (non-hydrogen) atoms. The summed E-state index contributed by atoms with van der Waals surface area (Å²) in [5.41, 5.74) is 0.710. The lowest BCUT2D eigenvalue weighted by Crippen LogP contribution is -2.20. The molecule has 0 aliphatic heterocycles. The molecule has 0 amide bonds. The van der Waals surface area contributed by atoms with Crippen LogP contribution in [0.5, 0.6) is 0 Å². The zero-order valence-electron chi connectivity index (χ0n) is 19.2. The summed E-state index contributed by atoms with van der Waals surface area (Å²) in [5, 5.41) is 0.337. The summed E-state index contributed by atoms with van der Waals surface area (Å²) >= 11 is 0. The Hall–Kier alpha value is -1.37. The minimum Gasteiger partial charge on any atom is -0.361 e. The van der Waals surface area contributed by atoms with E-state index in [9.17, 15) is 8.42 Å². The van der Waals surface area contributed by atoms with Crippen LogP contribution in [0.2, 0.25) is 2.82 Å². The van der Waals surface area contributed by atoms with E-state index in [2.05, 4.69) is 0 Å². The highest BCUT2D eigenvalue weighted by atomic mass is 32.2. The molecule has 0 aliphatic carbocycles. The first-order chi connectivity index (χ1) is 12.6. The summed E-state index contributed by atoms with van der Waals surface area (Å²) in [4.78, 5) is 2.16. The average molecular weight is 303 g/mol. The van der Waals surface area contributed by atoms with Gasteiger partial charge in [0.05, 0.1) is 7.12 Å². The van der Waals surface area contributed by atoms with Crippen molar-refractivity contribution in [2.75, 3.05) is 27.6 Å². The van der Waals surface area contributed by atoms with E-state index < -0.39 is 34.0 Å². The molecule has 0 bridgehead atoms. The number of sulfonamides is 1. The second-order valence-electron chi connectivity index (χ2n) is 4.60. The summed E-state index contributed by atoms with van der Waals surface area (Å²) in [7, 11) is -1.37. The molecule has 1 aromatic carbocycles. The van der Waals surface area contributed by atoms with E-state index in [-0.39, 0.29) is 23.7 Å². The molecule has 0 atom stereocenters. The van der Waals surface area contributed by atoms with Gasteiger partial charge in [-0.05, 0) is 50.8 Å². The Kier molecular flexibility index (Phi) is 2.26. The predicted molar refractivity (Wildman–Crippen MR) is 82.2 cm³/mol. The van der Waals surface area contributed by atoms with E-state index in [1.165, 1.54) is 23.1 Å². The number of aromatic nitrogens is 1. The number of nitrogens with zero attached hydrogens (tertiary/aromatic N) is 1. The number of fused-ring (bicyclic) bond motifs is 1. The second kappa shape index (κ2) is 5.95. The Morgan fingerprint density at radius 2 is 2.40 bits per heavy atom. The smallest absolute Gasteiger partial charge is 0.215 e. The van der Waals surface area contributed by atoms with Crippen LogP contribution in [0.15, 0.2) is 24.4 Å².